The van der Waals surface area contributed by atoms with E-state index < -0.39 is 5.92 Å². The molecule has 6 heteroatoms. The lowest BCUT2D eigenvalue weighted by Crippen LogP contribution is -2.44. The number of halogens is 1. The van der Waals surface area contributed by atoms with Crippen LogP contribution in [0, 0.1) is 5.92 Å². The molecule has 2 atom stereocenters. The van der Waals surface area contributed by atoms with Gasteiger partial charge >= 0.3 is 5.97 Å². The molecule has 0 unspecified atom stereocenters. The fraction of sp³-hybridized carbons (Fsp3) is 0.375. The zero-order valence-electron chi connectivity index (χ0n) is 12.1. The summed E-state index contributed by atoms with van der Waals surface area (Å²) < 4.78 is 6.63. The van der Waals surface area contributed by atoms with Gasteiger partial charge in [-0.15, -0.1) is 0 Å². The standard InChI is InChI=1S/C16H15ClN2O3/c1-22-16(21)11-7-13(20)19-12-3-2-8(17)6-10(12)9-4-5-18-14(11)15(9)19/h2-3,6,11,14,18H,4-5,7H2,1H3/t11-,14-/m0/s1. The van der Waals surface area contributed by atoms with Crippen molar-refractivity contribution in [3.63, 3.8) is 0 Å². The molecule has 5 nitrogen and oxygen atoms in total. The molecule has 4 rings (SSSR count). The van der Waals surface area contributed by atoms with E-state index in [1.807, 2.05) is 12.1 Å². The van der Waals surface area contributed by atoms with Crippen molar-refractivity contribution in [3.8, 4) is 0 Å². The Kier molecular flexibility index (Phi) is 3.03. The highest BCUT2D eigenvalue weighted by Gasteiger charge is 2.43. The SMILES string of the molecule is COC(=O)[C@H]1CC(=O)n2c3c(c4cc(Cl)ccc42)CCN[C@H]31. The normalized spacial score (nSPS) is 23.5. The fourth-order valence-corrected chi connectivity index (χ4v) is 3.93. The number of esters is 1. The van der Waals surface area contributed by atoms with Crippen LogP contribution in [0.2, 0.25) is 5.02 Å². The molecule has 2 aliphatic heterocycles. The number of aromatic nitrogens is 1. The Morgan fingerprint density at radius 2 is 2.27 bits per heavy atom. The second-order valence-electron chi connectivity index (χ2n) is 5.77. The molecule has 0 fully saturated rings. The molecule has 0 bridgehead atoms. The number of hydrogen-bond acceptors (Lipinski definition) is 4. The summed E-state index contributed by atoms with van der Waals surface area (Å²) in [5.41, 5.74) is 2.88. The number of carbonyl (C=O) groups is 2. The summed E-state index contributed by atoms with van der Waals surface area (Å²) in [6, 6.07) is 5.39. The fourth-order valence-electron chi connectivity index (χ4n) is 3.76. The number of methoxy groups -OCH3 is 1. The van der Waals surface area contributed by atoms with E-state index in [2.05, 4.69) is 5.32 Å². The minimum atomic E-state index is -0.469. The van der Waals surface area contributed by atoms with Gasteiger partial charge in [-0.2, -0.15) is 0 Å². The van der Waals surface area contributed by atoms with Gasteiger partial charge in [0.2, 0.25) is 5.91 Å². The maximum Gasteiger partial charge on any atom is 0.311 e. The van der Waals surface area contributed by atoms with Crippen molar-refractivity contribution < 1.29 is 14.3 Å². The Bertz CT molecular complexity index is 811. The molecule has 1 aromatic heterocycles. The van der Waals surface area contributed by atoms with E-state index >= 15 is 0 Å². The maximum atomic E-state index is 12.6. The van der Waals surface area contributed by atoms with Crippen molar-refractivity contribution in [1.82, 2.24) is 9.88 Å². The lowest BCUT2D eigenvalue weighted by Gasteiger charge is -2.34. The van der Waals surface area contributed by atoms with E-state index in [1.54, 1.807) is 10.6 Å². The zero-order chi connectivity index (χ0) is 15.4. The van der Waals surface area contributed by atoms with Gasteiger partial charge in [0.1, 0.15) is 0 Å². The molecule has 1 aromatic carbocycles. The molecule has 0 spiro atoms. The first-order chi connectivity index (χ1) is 10.6. The smallest absolute Gasteiger partial charge is 0.311 e. The molecular weight excluding hydrogens is 304 g/mol. The van der Waals surface area contributed by atoms with Gasteiger partial charge in [0, 0.05) is 22.5 Å². The predicted molar refractivity (Wildman–Crippen MR) is 82.1 cm³/mol. The molecular formula is C16H15ClN2O3. The third kappa shape index (κ3) is 1.76. The van der Waals surface area contributed by atoms with Crippen LogP contribution in [0.5, 0.6) is 0 Å². The molecule has 22 heavy (non-hydrogen) atoms. The molecule has 0 saturated heterocycles. The van der Waals surface area contributed by atoms with Gasteiger partial charge < -0.3 is 10.1 Å². The van der Waals surface area contributed by atoms with Crippen LogP contribution in [0.4, 0.5) is 0 Å². The average molecular weight is 319 g/mol. The summed E-state index contributed by atoms with van der Waals surface area (Å²) in [6.07, 6.45) is 0.972. The summed E-state index contributed by atoms with van der Waals surface area (Å²) in [6.45, 7) is 0.769. The monoisotopic (exact) mass is 318 g/mol. The summed E-state index contributed by atoms with van der Waals surface area (Å²) in [7, 11) is 1.36. The molecule has 0 saturated carbocycles. The summed E-state index contributed by atoms with van der Waals surface area (Å²) >= 11 is 6.12. The van der Waals surface area contributed by atoms with Gasteiger partial charge in [0.15, 0.2) is 0 Å². The molecule has 0 amide bonds. The molecule has 2 aromatic rings. The quantitative estimate of drug-likeness (QED) is 0.820. The van der Waals surface area contributed by atoms with Crippen LogP contribution >= 0.6 is 11.6 Å². The Hall–Kier alpha value is -1.85. The second-order valence-corrected chi connectivity index (χ2v) is 6.21. The molecule has 0 radical (unpaired) electrons. The van der Waals surface area contributed by atoms with Gasteiger partial charge in [0.05, 0.1) is 24.6 Å². The first-order valence-electron chi connectivity index (χ1n) is 7.29. The van der Waals surface area contributed by atoms with E-state index in [9.17, 15) is 9.59 Å². The van der Waals surface area contributed by atoms with Gasteiger partial charge in [0.25, 0.3) is 0 Å². The minimum Gasteiger partial charge on any atom is -0.469 e. The van der Waals surface area contributed by atoms with Crippen molar-refractivity contribution in [1.29, 1.82) is 0 Å². The number of nitrogens with zero attached hydrogens (tertiary/aromatic N) is 1. The van der Waals surface area contributed by atoms with Crippen molar-refractivity contribution >= 4 is 34.4 Å². The third-order valence-electron chi connectivity index (χ3n) is 4.66. The van der Waals surface area contributed by atoms with Crippen LogP contribution in [-0.2, 0) is 16.0 Å². The van der Waals surface area contributed by atoms with Crippen molar-refractivity contribution in [2.24, 2.45) is 5.92 Å². The minimum absolute atomic E-state index is 0.0658. The first-order valence-corrected chi connectivity index (χ1v) is 7.66. The number of benzene rings is 1. The number of carbonyl (C=O) groups excluding carboxylic acids is 2. The van der Waals surface area contributed by atoms with Crippen LogP contribution in [-0.4, -0.2) is 30.1 Å². The van der Waals surface area contributed by atoms with Crippen LogP contribution in [0.15, 0.2) is 18.2 Å². The van der Waals surface area contributed by atoms with Gasteiger partial charge in [-0.25, -0.2) is 0 Å². The Morgan fingerprint density at radius 3 is 3.05 bits per heavy atom. The summed E-state index contributed by atoms with van der Waals surface area (Å²) in [5, 5.41) is 5.03. The van der Waals surface area contributed by atoms with Crippen molar-refractivity contribution in [3.05, 3.63) is 34.5 Å². The third-order valence-corrected chi connectivity index (χ3v) is 4.89. The number of ether oxygens (including phenoxy) is 1. The van der Waals surface area contributed by atoms with Crippen molar-refractivity contribution in [2.75, 3.05) is 13.7 Å². The van der Waals surface area contributed by atoms with Crippen LogP contribution in [0.25, 0.3) is 10.9 Å². The van der Waals surface area contributed by atoms with Gasteiger partial charge in [-0.3, -0.25) is 14.2 Å². The van der Waals surface area contributed by atoms with E-state index in [0.29, 0.717) is 5.02 Å². The first kappa shape index (κ1) is 13.8. The Morgan fingerprint density at radius 1 is 1.45 bits per heavy atom. The second kappa shape index (κ2) is 4.83. The highest BCUT2D eigenvalue weighted by molar-refractivity contribution is 6.31. The van der Waals surface area contributed by atoms with Crippen molar-refractivity contribution in [2.45, 2.75) is 18.9 Å². The Labute approximate surface area is 132 Å². The number of hydrogen-bond donors (Lipinski definition) is 1. The highest BCUT2D eigenvalue weighted by atomic mass is 35.5. The van der Waals surface area contributed by atoms with E-state index in [4.69, 9.17) is 16.3 Å². The highest BCUT2D eigenvalue weighted by Crippen LogP contribution is 2.42. The molecule has 114 valence electrons. The Balaban J connectivity index is 2.00. The largest absolute Gasteiger partial charge is 0.469 e. The van der Waals surface area contributed by atoms with Crippen LogP contribution in [0.3, 0.4) is 0 Å². The molecule has 0 aliphatic carbocycles. The lowest BCUT2D eigenvalue weighted by molar-refractivity contribution is -0.147. The molecule has 1 N–H and O–H groups in total. The summed E-state index contributed by atoms with van der Waals surface area (Å²) in [4.78, 5) is 24.7. The predicted octanol–water partition coefficient (Wildman–Crippen LogP) is 2.31. The maximum absolute atomic E-state index is 12.6. The van der Waals surface area contributed by atoms with E-state index in [-0.39, 0.29) is 24.3 Å². The number of fused-ring (bicyclic) bond motifs is 3. The average Bonchev–Trinajstić information content (AvgIpc) is 2.85. The van der Waals surface area contributed by atoms with E-state index in [1.165, 1.54) is 7.11 Å². The lowest BCUT2D eigenvalue weighted by atomic mass is 9.85. The van der Waals surface area contributed by atoms with E-state index in [0.717, 1.165) is 35.1 Å². The number of nitrogens with one attached hydrogen (secondary N) is 1. The zero-order valence-corrected chi connectivity index (χ0v) is 12.8. The van der Waals surface area contributed by atoms with Crippen LogP contribution in [0.1, 0.15) is 28.5 Å². The van der Waals surface area contributed by atoms with Gasteiger partial charge in [-0.05, 0) is 36.7 Å². The molecule has 2 aliphatic rings. The summed E-state index contributed by atoms with van der Waals surface area (Å²) in [5.74, 6) is -0.874. The van der Waals surface area contributed by atoms with Crippen LogP contribution < -0.4 is 5.32 Å². The number of rotatable bonds is 1. The molecule has 3 heterocycles. The van der Waals surface area contributed by atoms with Gasteiger partial charge in [-0.1, -0.05) is 11.6 Å². The topological polar surface area (TPSA) is 60.3 Å².